The number of nitrogen functional groups attached to an aromatic ring is 1. The number of carbonyl (C=O) groups excluding carboxylic acids is 1. The van der Waals surface area contributed by atoms with Crippen molar-refractivity contribution in [3.05, 3.63) is 68.1 Å². The first-order chi connectivity index (χ1) is 14.3. The predicted octanol–water partition coefficient (Wildman–Crippen LogP) is 1.23. The van der Waals surface area contributed by atoms with Crippen molar-refractivity contribution in [2.75, 3.05) is 11.5 Å². The average Bonchev–Trinajstić information content (AvgIpc) is 3.08. The summed E-state index contributed by atoms with van der Waals surface area (Å²) in [5.41, 5.74) is 5.75. The van der Waals surface area contributed by atoms with Crippen molar-refractivity contribution in [2.45, 2.75) is 31.5 Å². The van der Waals surface area contributed by atoms with Crippen molar-refractivity contribution >= 4 is 23.4 Å². The van der Waals surface area contributed by atoms with E-state index in [4.69, 9.17) is 5.73 Å². The van der Waals surface area contributed by atoms with Crippen molar-refractivity contribution in [2.24, 2.45) is 14.1 Å². The van der Waals surface area contributed by atoms with Gasteiger partial charge in [-0.3, -0.25) is 18.7 Å². The van der Waals surface area contributed by atoms with E-state index in [1.54, 1.807) is 0 Å². The van der Waals surface area contributed by atoms with Gasteiger partial charge in [-0.25, -0.2) is 4.79 Å². The molecule has 9 nitrogen and oxygen atoms in total. The zero-order valence-corrected chi connectivity index (χ0v) is 18.0. The highest BCUT2D eigenvalue weighted by atomic mass is 32.2. The number of nitrogens with zero attached hydrogens (tertiary/aromatic N) is 5. The summed E-state index contributed by atoms with van der Waals surface area (Å²) in [6.07, 6.45) is 1.27. The summed E-state index contributed by atoms with van der Waals surface area (Å²) in [5, 5.41) is 8.92. The Kier molecular flexibility index (Phi) is 6.56. The Morgan fingerprint density at radius 1 is 1.10 bits per heavy atom. The molecule has 3 aromatic rings. The van der Waals surface area contributed by atoms with Crippen LogP contribution in [0.4, 0.5) is 5.82 Å². The van der Waals surface area contributed by atoms with Crippen LogP contribution in [-0.2, 0) is 27.1 Å². The van der Waals surface area contributed by atoms with Crippen LogP contribution in [0.2, 0.25) is 0 Å². The van der Waals surface area contributed by atoms with Gasteiger partial charge in [0, 0.05) is 27.1 Å². The van der Waals surface area contributed by atoms with E-state index in [1.165, 1.54) is 23.4 Å². The number of benzene rings is 1. The van der Waals surface area contributed by atoms with Crippen molar-refractivity contribution in [3.63, 3.8) is 0 Å². The number of nitrogens with two attached hydrogens (primary N) is 1. The van der Waals surface area contributed by atoms with Crippen LogP contribution in [-0.4, -0.2) is 35.4 Å². The minimum absolute atomic E-state index is 0.0406. The Morgan fingerprint density at radius 3 is 2.47 bits per heavy atom. The second-order valence-corrected chi connectivity index (χ2v) is 7.83. The summed E-state index contributed by atoms with van der Waals surface area (Å²) >= 11 is 1.18. The van der Waals surface area contributed by atoms with Gasteiger partial charge in [-0.15, -0.1) is 10.2 Å². The van der Waals surface area contributed by atoms with Gasteiger partial charge in [-0.05, 0) is 12.0 Å². The van der Waals surface area contributed by atoms with Gasteiger partial charge in [-0.1, -0.05) is 49.0 Å². The van der Waals surface area contributed by atoms with Crippen molar-refractivity contribution in [3.8, 4) is 0 Å². The molecular formula is C20H24N6O3S. The second-order valence-electron chi connectivity index (χ2n) is 6.89. The third-order valence-corrected chi connectivity index (χ3v) is 5.79. The number of hydrogen-bond acceptors (Lipinski definition) is 7. The first-order valence-electron chi connectivity index (χ1n) is 9.52. The Bertz CT molecular complexity index is 1180. The smallest absolute Gasteiger partial charge is 0.332 e. The SMILES string of the molecule is CCCn1c(N)c(C(=O)CSc2nnc(Cc3ccccc3)n2C)c(=O)n(C)c1=O. The molecule has 0 saturated carbocycles. The number of Topliss-reactive ketones (excluding diaryl/α,β-unsaturated/α-hetero) is 1. The van der Waals surface area contributed by atoms with Crippen LogP contribution >= 0.6 is 11.8 Å². The maximum absolute atomic E-state index is 12.8. The number of aromatic nitrogens is 5. The van der Waals surface area contributed by atoms with Crippen LogP contribution in [0.1, 0.15) is 35.1 Å². The van der Waals surface area contributed by atoms with Gasteiger partial charge in [0.05, 0.1) is 5.75 Å². The van der Waals surface area contributed by atoms with Gasteiger partial charge in [0.15, 0.2) is 10.9 Å². The molecule has 0 aliphatic heterocycles. The van der Waals surface area contributed by atoms with E-state index in [-0.39, 0.29) is 17.1 Å². The van der Waals surface area contributed by atoms with Crippen LogP contribution in [0.15, 0.2) is 45.1 Å². The monoisotopic (exact) mass is 428 g/mol. The molecule has 30 heavy (non-hydrogen) atoms. The standard InChI is InChI=1S/C20H24N6O3S/c1-4-10-26-17(21)16(18(28)25(3)20(26)29)14(27)12-30-19-23-22-15(24(19)2)11-13-8-6-5-7-9-13/h5-9H,4,10-12,21H2,1-3H3. The van der Waals surface area contributed by atoms with Crippen LogP contribution in [0.3, 0.4) is 0 Å². The molecule has 0 aliphatic rings. The number of rotatable bonds is 8. The van der Waals surface area contributed by atoms with E-state index >= 15 is 0 Å². The van der Waals surface area contributed by atoms with Gasteiger partial charge < -0.3 is 10.3 Å². The summed E-state index contributed by atoms with van der Waals surface area (Å²) in [4.78, 5) is 37.6. The van der Waals surface area contributed by atoms with Crippen molar-refractivity contribution in [1.82, 2.24) is 23.9 Å². The molecule has 10 heteroatoms. The minimum atomic E-state index is -0.682. The summed E-state index contributed by atoms with van der Waals surface area (Å²) in [7, 11) is 3.18. The Labute approximate surface area is 177 Å². The zero-order valence-electron chi connectivity index (χ0n) is 17.2. The lowest BCUT2D eigenvalue weighted by Gasteiger charge is -2.13. The molecule has 0 aliphatic carbocycles. The fourth-order valence-electron chi connectivity index (χ4n) is 3.09. The number of carbonyl (C=O) groups is 1. The van der Waals surface area contributed by atoms with Crippen LogP contribution in [0.25, 0.3) is 0 Å². The number of ketones is 1. The molecule has 158 valence electrons. The molecule has 3 rings (SSSR count). The third kappa shape index (κ3) is 4.23. The highest BCUT2D eigenvalue weighted by molar-refractivity contribution is 7.99. The summed E-state index contributed by atoms with van der Waals surface area (Å²) in [5.74, 6) is 0.193. The largest absolute Gasteiger partial charge is 0.384 e. The highest BCUT2D eigenvalue weighted by Gasteiger charge is 2.22. The third-order valence-electron chi connectivity index (χ3n) is 4.77. The van der Waals surface area contributed by atoms with Gasteiger partial charge in [0.1, 0.15) is 17.2 Å². The number of thioether (sulfide) groups is 1. The molecule has 0 unspecified atom stereocenters. The summed E-state index contributed by atoms with van der Waals surface area (Å²) in [6, 6.07) is 9.89. The number of anilines is 1. The molecule has 2 N–H and O–H groups in total. The van der Waals surface area contributed by atoms with Gasteiger partial charge >= 0.3 is 5.69 Å². The lowest BCUT2D eigenvalue weighted by atomic mass is 10.1. The maximum Gasteiger partial charge on any atom is 0.332 e. The lowest BCUT2D eigenvalue weighted by molar-refractivity contribution is 0.102. The normalized spacial score (nSPS) is 11.0. The first kappa shape index (κ1) is 21.6. The van der Waals surface area contributed by atoms with Gasteiger partial charge in [-0.2, -0.15) is 0 Å². The Morgan fingerprint density at radius 2 is 1.80 bits per heavy atom. The maximum atomic E-state index is 12.8. The topological polar surface area (TPSA) is 118 Å². The molecule has 2 heterocycles. The summed E-state index contributed by atoms with van der Waals surface area (Å²) < 4.78 is 4.01. The van der Waals surface area contributed by atoms with E-state index in [0.29, 0.717) is 24.5 Å². The molecule has 0 amide bonds. The fraction of sp³-hybridized carbons (Fsp3) is 0.350. The van der Waals surface area contributed by atoms with Crippen LogP contribution in [0.5, 0.6) is 0 Å². The minimum Gasteiger partial charge on any atom is -0.384 e. The lowest BCUT2D eigenvalue weighted by Crippen LogP contribution is -2.42. The summed E-state index contributed by atoms with van der Waals surface area (Å²) in [6.45, 7) is 2.22. The zero-order chi connectivity index (χ0) is 21.8. The molecule has 0 spiro atoms. The molecule has 0 saturated heterocycles. The molecule has 0 radical (unpaired) electrons. The molecule has 0 bridgehead atoms. The van der Waals surface area contributed by atoms with Gasteiger partial charge in [0.25, 0.3) is 5.56 Å². The van der Waals surface area contributed by atoms with E-state index in [1.807, 2.05) is 48.9 Å². The number of hydrogen-bond donors (Lipinski definition) is 1. The molecule has 0 atom stereocenters. The van der Waals surface area contributed by atoms with E-state index in [0.717, 1.165) is 16.0 Å². The van der Waals surface area contributed by atoms with Crippen LogP contribution in [0, 0.1) is 0 Å². The average molecular weight is 429 g/mol. The first-order valence-corrected chi connectivity index (χ1v) is 10.5. The quantitative estimate of drug-likeness (QED) is 0.423. The Balaban J connectivity index is 1.80. The molecule has 0 fully saturated rings. The Hall–Kier alpha value is -3.14. The van der Waals surface area contributed by atoms with Crippen molar-refractivity contribution < 1.29 is 4.79 Å². The molecule has 1 aromatic carbocycles. The fourth-order valence-corrected chi connectivity index (χ4v) is 3.89. The van der Waals surface area contributed by atoms with Gasteiger partial charge in [0.2, 0.25) is 0 Å². The van der Waals surface area contributed by atoms with E-state index < -0.39 is 17.0 Å². The molecular weight excluding hydrogens is 404 g/mol. The van der Waals surface area contributed by atoms with E-state index in [9.17, 15) is 14.4 Å². The van der Waals surface area contributed by atoms with Crippen molar-refractivity contribution in [1.29, 1.82) is 0 Å². The predicted molar refractivity (Wildman–Crippen MR) is 116 cm³/mol. The molecule has 2 aromatic heterocycles. The highest BCUT2D eigenvalue weighted by Crippen LogP contribution is 2.19. The van der Waals surface area contributed by atoms with E-state index in [2.05, 4.69) is 10.2 Å². The van der Waals surface area contributed by atoms with Crippen LogP contribution < -0.4 is 17.0 Å². The second kappa shape index (κ2) is 9.12.